The molecule has 0 spiro atoms. The van der Waals surface area contributed by atoms with Gasteiger partial charge in [-0.3, -0.25) is 9.59 Å². The summed E-state index contributed by atoms with van der Waals surface area (Å²) >= 11 is 0. The third kappa shape index (κ3) is 6.25. The number of carboxylic acids is 1. The van der Waals surface area contributed by atoms with Crippen molar-refractivity contribution in [2.75, 3.05) is 0 Å². The molecule has 1 rings (SSSR count). The van der Waals surface area contributed by atoms with E-state index in [1.54, 1.807) is 0 Å². The normalized spacial score (nSPS) is 21.8. The molecule has 1 aliphatic rings. The Morgan fingerprint density at radius 1 is 1.22 bits per heavy atom. The third-order valence-corrected chi connectivity index (χ3v) is 2.65. The van der Waals surface area contributed by atoms with Gasteiger partial charge in [0.25, 0.3) is 0 Å². The minimum atomic E-state index is -1.16. The Morgan fingerprint density at radius 3 is 2.06 bits per heavy atom. The predicted octanol–water partition coefficient (Wildman–Crippen LogP) is 2.10. The van der Waals surface area contributed by atoms with Crippen LogP contribution in [0.25, 0.3) is 5.32 Å². The fourth-order valence-corrected chi connectivity index (χ4v) is 2.53. The van der Waals surface area contributed by atoms with Crippen molar-refractivity contribution in [1.29, 1.82) is 0 Å². The summed E-state index contributed by atoms with van der Waals surface area (Å²) in [7, 11) is 0. The van der Waals surface area contributed by atoms with Gasteiger partial charge in [0.15, 0.2) is 0 Å². The molecule has 0 aromatic heterocycles. The number of aliphatic carboxylic acids is 1. The topological polar surface area (TPSA) is 77.7 Å². The van der Waals surface area contributed by atoms with Gasteiger partial charge in [-0.2, -0.15) is 0 Å². The monoisotopic (exact) mass is 331 g/mol. The number of hydrogen-bond donors (Lipinski definition) is 1. The van der Waals surface area contributed by atoms with Crippen LogP contribution in [-0.2, 0) is 47.0 Å². The molecule has 0 aromatic carbocycles. The van der Waals surface area contributed by atoms with Crippen molar-refractivity contribution in [2.24, 2.45) is 0 Å². The molecule has 0 aliphatic carbocycles. The van der Waals surface area contributed by atoms with Crippen LogP contribution < -0.4 is 0 Å². The first-order valence-corrected chi connectivity index (χ1v) is 5.75. The van der Waals surface area contributed by atoms with Crippen LogP contribution in [0.2, 0.25) is 0 Å². The fourth-order valence-electron chi connectivity index (χ4n) is 2.53. The molecule has 1 aliphatic heterocycles. The van der Waals surface area contributed by atoms with Crippen molar-refractivity contribution in [3.8, 4) is 0 Å². The number of ether oxygens (including phenoxy) is 1. The van der Waals surface area contributed by atoms with Gasteiger partial charge < -0.3 is 15.2 Å². The fraction of sp³-hybridized carbons (Fsp3) is 0.833. The average Bonchev–Trinajstić information content (AvgIpc) is 1.93. The van der Waals surface area contributed by atoms with Crippen LogP contribution in [0.4, 0.5) is 0 Å². The quantitative estimate of drug-likeness (QED) is 0.635. The summed E-state index contributed by atoms with van der Waals surface area (Å²) in [5.41, 5.74) is -0.480. The Kier molecular flexibility index (Phi) is 6.44. The summed E-state index contributed by atoms with van der Waals surface area (Å²) in [6.45, 7) is 7.97. The van der Waals surface area contributed by atoms with Gasteiger partial charge >= 0.3 is 11.9 Å². The molecule has 0 bridgehead atoms. The summed E-state index contributed by atoms with van der Waals surface area (Å²) in [6, 6.07) is 0. The van der Waals surface area contributed by atoms with Gasteiger partial charge in [0, 0.05) is 32.7 Å². The summed E-state index contributed by atoms with van der Waals surface area (Å²) < 4.78 is 5.19. The Hall–Kier alpha value is 0.00390. The molecule has 101 valence electrons. The van der Waals surface area contributed by atoms with Gasteiger partial charge in [0.2, 0.25) is 0 Å². The molecule has 1 heterocycles. The summed E-state index contributed by atoms with van der Waals surface area (Å²) in [5, 5.41) is 13.2. The molecule has 0 unspecified atom stereocenters. The summed E-state index contributed by atoms with van der Waals surface area (Å²) in [5.74, 6) is -1.83. The second-order valence-electron chi connectivity index (χ2n) is 5.83. The Morgan fingerprint density at radius 2 is 1.67 bits per heavy atom. The smallest absolute Gasteiger partial charge is 0.317 e. The molecule has 0 amide bonds. The minimum Gasteiger partial charge on any atom is -0.652 e. The molecule has 1 saturated heterocycles. The van der Waals surface area contributed by atoms with Gasteiger partial charge in [-0.05, 0) is 12.8 Å². The van der Waals surface area contributed by atoms with E-state index >= 15 is 0 Å². The molecule has 0 atom stereocenters. The van der Waals surface area contributed by atoms with Crippen LogP contribution in [0.5, 0.6) is 0 Å². The van der Waals surface area contributed by atoms with Crippen LogP contribution in [-0.4, -0.2) is 34.2 Å². The number of hydrogen-bond acceptors (Lipinski definition) is 3. The second-order valence-corrected chi connectivity index (χ2v) is 5.83. The van der Waals surface area contributed by atoms with Crippen molar-refractivity contribution < 1.29 is 52.1 Å². The van der Waals surface area contributed by atoms with Crippen LogP contribution >= 0.6 is 0 Å². The maximum atomic E-state index is 11.3. The minimum absolute atomic E-state index is 0. The van der Waals surface area contributed by atoms with Crippen molar-refractivity contribution in [3.05, 3.63) is 5.32 Å². The molecule has 1 N–H and O–H groups in total. The maximum absolute atomic E-state index is 11.3. The number of esters is 1. The Bertz CT molecular complexity index is 312. The molecule has 0 aromatic rings. The predicted molar refractivity (Wildman–Crippen MR) is 62.9 cm³/mol. The summed E-state index contributed by atoms with van der Waals surface area (Å²) in [4.78, 5) is 21.7. The third-order valence-electron chi connectivity index (χ3n) is 2.65. The first kappa shape index (κ1) is 18.0. The van der Waals surface area contributed by atoms with Crippen molar-refractivity contribution in [1.82, 2.24) is 0 Å². The standard InChI is InChI=1S/C12H20NO4.Y/c1-11(2)6-8(7-12(3,4)13-11)17-10(16)5-9(14)15;/h8H,5-7H2,1-4H3,(H,14,15);/q-1;. The van der Waals surface area contributed by atoms with E-state index in [2.05, 4.69) is 5.32 Å². The van der Waals surface area contributed by atoms with E-state index in [0.717, 1.165) is 0 Å². The number of piperidine rings is 1. The van der Waals surface area contributed by atoms with E-state index < -0.39 is 18.4 Å². The zero-order chi connectivity index (χ0) is 13.3. The van der Waals surface area contributed by atoms with E-state index in [-0.39, 0.29) is 49.9 Å². The number of carbonyl (C=O) groups is 2. The van der Waals surface area contributed by atoms with Crippen LogP contribution in [0, 0.1) is 0 Å². The maximum Gasteiger partial charge on any atom is 0.317 e. The van der Waals surface area contributed by atoms with Crippen molar-refractivity contribution in [3.63, 3.8) is 0 Å². The molecule has 6 heteroatoms. The molecular weight excluding hydrogens is 311 g/mol. The zero-order valence-electron chi connectivity index (χ0n) is 11.4. The van der Waals surface area contributed by atoms with E-state index in [4.69, 9.17) is 9.84 Å². The zero-order valence-corrected chi connectivity index (χ0v) is 14.2. The molecule has 5 nitrogen and oxygen atoms in total. The van der Waals surface area contributed by atoms with Crippen LogP contribution in [0.1, 0.15) is 47.0 Å². The van der Waals surface area contributed by atoms with Gasteiger partial charge in [0.05, 0.1) is 6.10 Å². The van der Waals surface area contributed by atoms with E-state index in [0.29, 0.717) is 12.8 Å². The molecule has 1 radical (unpaired) electrons. The van der Waals surface area contributed by atoms with E-state index in [1.807, 2.05) is 27.7 Å². The van der Waals surface area contributed by atoms with Gasteiger partial charge in [-0.1, -0.05) is 27.7 Å². The van der Waals surface area contributed by atoms with E-state index in [1.165, 1.54) is 0 Å². The van der Waals surface area contributed by atoms with Crippen molar-refractivity contribution in [2.45, 2.75) is 64.1 Å². The number of carbonyl (C=O) groups excluding carboxylic acids is 1. The van der Waals surface area contributed by atoms with Gasteiger partial charge in [0.1, 0.15) is 6.42 Å². The second kappa shape index (κ2) is 6.44. The van der Waals surface area contributed by atoms with Crippen LogP contribution in [0.15, 0.2) is 0 Å². The molecule has 0 saturated carbocycles. The van der Waals surface area contributed by atoms with Gasteiger partial charge in [-0.25, -0.2) is 0 Å². The van der Waals surface area contributed by atoms with Crippen LogP contribution in [0.3, 0.4) is 0 Å². The largest absolute Gasteiger partial charge is 0.652 e. The Balaban J connectivity index is 0.00000289. The number of nitrogens with zero attached hydrogens (tertiary/aromatic N) is 1. The average molecular weight is 331 g/mol. The van der Waals surface area contributed by atoms with Gasteiger partial charge in [-0.15, -0.1) is 11.1 Å². The first-order valence-electron chi connectivity index (χ1n) is 5.75. The first-order chi connectivity index (χ1) is 7.60. The number of rotatable bonds is 3. The number of carboxylic acid groups (broad SMARTS) is 1. The molecule has 18 heavy (non-hydrogen) atoms. The molecular formula is C12H20NO4Y-. The van der Waals surface area contributed by atoms with E-state index in [9.17, 15) is 9.59 Å². The summed E-state index contributed by atoms with van der Waals surface area (Å²) in [6.07, 6.45) is 0.460. The Labute approximate surface area is 133 Å². The van der Waals surface area contributed by atoms with Crippen molar-refractivity contribution >= 4 is 11.9 Å². The SMILES string of the molecule is CC1(C)CC(OC(=O)CC(=O)O)CC(C)(C)[N-]1.[Y]. The molecule has 1 fully saturated rings.